The van der Waals surface area contributed by atoms with Crippen molar-refractivity contribution < 1.29 is 5.11 Å². The van der Waals surface area contributed by atoms with Crippen molar-refractivity contribution in [2.24, 2.45) is 0 Å². The first-order valence-electron chi connectivity index (χ1n) is 8.83. The molecule has 1 atom stereocenters. The van der Waals surface area contributed by atoms with Gasteiger partial charge in [-0.2, -0.15) is 0 Å². The Morgan fingerprint density at radius 3 is 2.62 bits per heavy atom. The van der Waals surface area contributed by atoms with Gasteiger partial charge in [0.2, 0.25) is 0 Å². The van der Waals surface area contributed by atoms with E-state index in [1.807, 2.05) is 12.3 Å². The van der Waals surface area contributed by atoms with Crippen LogP contribution in [0.15, 0.2) is 48.8 Å². The van der Waals surface area contributed by atoms with Crippen molar-refractivity contribution in [2.45, 2.75) is 45.0 Å². The lowest BCUT2D eigenvalue weighted by atomic mass is 10.0. The fourth-order valence-corrected chi connectivity index (χ4v) is 3.22. The van der Waals surface area contributed by atoms with Gasteiger partial charge in [-0.3, -0.25) is 9.88 Å². The number of pyridine rings is 1. The van der Waals surface area contributed by atoms with Crippen LogP contribution in [0.2, 0.25) is 0 Å². The van der Waals surface area contributed by atoms with Crippen LogP contribution in [0.3, 0.4) is 0 Å². The van der Waals surface area contributed by atoms with Gasteiger partial charge in [-0.05, 0) is 42.5 Å². The third kappa shape index (κ3) is 4.63. The van der Waals surface area contributed by atoms with E-state index >= 15 is 0 Å². The van der Waals surface area contributed by atoms with Gasteiger partial charge in [-0.1, -0.05) is 30.3 Å². The topological polar surface area (TPSA) is 48.4 Å². The van der Waals surface area contributed by atoms with Gasteiger partial charge < -0.3 is 10.4 Å². The fourth-order valence-electron chi connectivity index (χ4n) is 3.22. The largest absolute Gasteiger partial charge is 0.393 e. The van der Waals surface area contributed by atoms with Crippen molar-refractivity contribution in [3.8, 4) is 0 Å². The van der Waals surface area contributed by atoms with Crippen molar-refractivity contribution in [1.82, 2.24) is 15.2 Å². The van der Waals surface area contributed by atoms with Crippen LogP contribution in [0.1, 0.15) is 42.5 Å². The molecule has 0 radical (unpaired) electrons. The molecule has 0 spiro atoms. The van der Waals surface area contributed by atoms with E-state index in [9.17, 15) is 5.11 Å². The monoisotopic (exact) mass is 325 g/mol. The second kappa shape index (κ2) is 8.38. The SMILES string of the molecule is CC(NCc1ccccc1CN1CCC(O)CC1)c1cccnc1. The van der Waals surface area contributed by atoms with Crippen molar-refractivity contribution in [3.63, 3.8) is 0 Å². The molecule has 4 heteroatoms. The van der Waals surface area contributed by atoms with E-state index in [1.54, 1.807) is 6.20 Å². The van der Waals surface area contributed by atoms with E-state index in [4.69, 9.17) is 0 Å². The highest BCUT2D eigenvalue weighted by Crippen LogP contribution is 2.18. The lowest BCUT2D eigenvalue weighted by molar-refractivity contribution is 0.0791. The number of nitrogens with zero attached hydrogens (tertiary/aromatic N) is 2. The maximum Gasteiger partial charge on any atom is 0.0564 e. The summed E-state index contributed by atoms with van der Waals surface area (Å²) < 4.78 is 0. The molecule has 0 bridgehead atoms. The predicted molar refractivity (Wildman–Crippen MR) is 96.5 cm³/mol. The molecule has 0 amide bonds. The Balaban J connectivity index is 1.59. The van der Waals surface area contributed by atoms with Gasteiger partial charge in [-0.15, -0.1) is 0 Å². The summed E-state index contributed by atoms with van der Waals surface area (Å²) in [6.45, 7) is 5.95. The van der Waals surface area contributed by atoms with Crippen LogP contribution in [-0.2, 0) is 13.1 Å². The molecule has 2 heterocycles. The summed E-state index contributed by atoms with van der Waals surface area (Å²) in [4.78, 5) is 6.64. The fraction of sp³-hybridized carbons (Fsp3) is 0.450. The third-order valence-corrected chi connectivity index (χ3v) is 4.85. The first kappa shape index (κ1) is 17.1. The van der Waals surface area contributed by atoms with Crippen LogP contribution < -0.4 is 5.32 Å². The number of aliphatic hydroxyl groups is 1. The molecule has 4 nitrogen and oxygen atoms in total. The zero-order valence-corrected chi connectivity index (χ0v) is 14.4. The summed E-state index contributed by atoms with van der Waals surface area (Å²) in [5.41, 5.74) is 3.93. The highest BCUT2D eigenvalue weighted by Gasteiger charge is 2.17. The quantitative estimate of drug-likeness (QED) is 0.857. The molecule has 3 rings (SSSR count). The van der Waals surface area contributed by atoms with E-state index in [2.05, 4.69) is 52.5 Å². The second-order valence-corrected chi connectivity index (χ2v) is 6.66. The maximum absolute atomic E-state index is 9.66. The van der Waals surface area contributed by atoms with Crippen molar-refractivity contribution >= 4 is 0 Å². The van der Waals surface area contributed by atoms with E-state index in [0.717, 1.165) is 39.0 Å². The molecule has 1 aliphatic heterocycles. The molecule has 1 saturated heterocycles. The number of hydrogen-bond donors (Lipinski definition) is 2. The van der Waals surface area contributed by atoms with E-state index in [-0.39, 0.29) is 12.1 Å². The number of rotatable bonds is 6. The minimum absolute atomic E-state index is 0.113. The van der Waals surface area contributed by atoms with Crippen LogP contribution in [0.25, 0.3) is 0 Å². The van der Waals surface area contributed by atoms with E-state index in [1.165, 1.54) is 16.7 Å². The van der Waals surface area contributed by atoms with E-state index in [0.29, 0.717) is 0 Å². The van der Waals surface area contributed by atoms with Crippen molar-refractivity contribution in [3.05, 3.63) is 65.5 Å². The number of nitrogens with one attached hydrogen (secondary N) is 1. The minimum atomic E-state index is -0.113. The van der Waals surface area contributed by atoms with Crippen molar-refractivity contribution in [1.29, 1.82) is 0 Å². The Morgan fingerprint density at radius 2 is 1.92 bits per heavy atom. The maximum atomic E-state index is 9.66. The summed E-state index contributed by atoms with van der Waals surface area (Å²) in [7, 11) is 0. The van der Waals surface area contributed by atoms with Gasteiger partial charge in [0.1, 0.15) is 0 Å². The molecular weight excluding hydrogens is 298 g/mol. The Bertz CT molecular complexity index is 624. The molecule has 1 fully saturated rings. The van der Waals surface area contributed by atoms with Gasteiger partial charge >= 0.3 is 0 Å². The molecule has 1 unspecified atom stereocenters. The van der Waals surface area contributed by atoms with Crippen LogP contribution in [-0.4, -0.2) is 34.2 Å². The smallest absolute Gasteiger partial charge is 0.0564 e. The van der Waals surface area contributed by atoms with Crippen molar-refractivity contribution in [2.75, 3.05) is 13.1 Å². The minimum Gasteiger partial charge on any atom is -0.393 e. The molecule has 2 aromatic rings. The summed E-state index contributed by atoms with van der Waals surface area (Å²) in [6.07, 6.45) is 5.39. The molecule has 24 heavy (non-hydrogen) atoms. The van der Waals surface area contributed by atoms with Gasteiger partial charge in [0.05, 0.1) is 6.10 Å². The van der Waals surface area contributed by atoms with Crippen LogP contribution in [0, 0.1) is 0 Å². The normalized spacial score (nSPS) is 17.8. The summed E-state index contributed by atoms with van der Waals surface area (Å²) in [5, 5.41) is 13.3. The van der Waals surface area contributed by atoms with Gasteiger partial charge in [0, 0.05) is 44.6 Å². The molecule has 1 aromatic carbocycles. The Labute approximate surface area is 144 Å². The van der Waals surface area contributed by atoms with E-state index < -0.39 is 0 Å². The Morgan fingerprint density at radius 1 is 1.17 bits per heavy atom. The molecule has 128 valence electrons. The lowest BCUT2D eigenvalue weighted by Gasteiger charge is -2.30. The first-order valence-corrected chi connectivity index (χ1v) is 8.83. The van der Waals surface area contributed by atoms with Gasteiger partial charge in [-0.25, -0.2) is 0 Å². The average Bonchev–Trinajstić information content (AvgIpc) is 2.63. The molecule has 0 saturated carbocycles. The number of aliphatic hydroxyl groups excluding tert-OH is 1. The Kier molecular flexibility index (Phi) is 5.96. The third-order valence-electron chi connectivity index (χ3n) is 4.85. The average molecular weight is 325 g/mol. The predicted octanol–water partition coefficient (Wildman–Crippen LogP) is 2.89. The molecular formula is C20H27N3O. The summed E-state index contributed by atoms with van der Waals surface area (Å²) in [5.74, 6) is 0. The molecule has 0 aliphatic carbocycles. The van der Waals surface area contributed by atoms with Crippen LogP contribution in [0.4, 0.5) is 0 Å². The second-order valence-electron chi connectivity index (χ2n) is 6.66. The molecule has 2 N–H and O–H groups in total. The van der Waals surface area contributed by atoms with Crippen LogP contribution >= 0.6 is 0 Å². The zero-order valence-electron chi connectivity index (χ0n) is 14.4. The number of benzene rings is 1. The number of hydrogen-bond acceptors (Lipinski definition) is 4. The highest BCUT2D eigenvalue weighted by atomic mass is 16.3. The zero-order chi connectivity index (χ0) is 16.8. The summed E-state index contributed by atoms with van der Waals surface area (Å²) >= 11 is 0. The highest BCUT2D eigenvalue weighted by molar-refractivity contribution is 5.27. The summed E-state index contributed by atoms with van der Waals surface area (Å²) in [6, 6.07) is 13.0. The number of aromatic nitrogens is 1. The van der Waals surface area contributed by atoms with Crippen LogP contribution in [0.5, 0.6) is 0 Å². The number of piperidine rings is 1. The van der Waals surface area contributed by atoms with Gasteiger partial charge in [0.25, 0.3) is 0 Å². The number of likely N-dealkylation sites (tertiary alicyclic amines) is 1. The lowest BCUT2D eigenvalue weighted by Crippen LogP contribution is -2.35. The molecule has 1 aliphatic rings. The first-order chi connectivity index (χ1) is 11.7. The Hall–Kier alpha value is -1.75. The van der Waals surface area contributed by atoms with Gasteiger partial charge in [0.15, 0.2) is 0 Å². The molecule has 1 aromatic heterocycles. The standard InChI is InChI=1S/C20H27N3O/c1-16(17-7-4-10-21-13-17)22-14-18-5-2-3-6-19(18)15-23-11-8-20(24)9-12-23/h2-7,10,13,16,20,22,24H,8-9,11-12,14-15H2,1H3.